The zero-order valence-electron chi connectivity index (χ0n) is 10.7. The molecular formula is C11H10KNO6. The Bertz CT molecular complexity index is 514. The quantitative estimate of drug-likeness (QED) is 0.263. The van der Waals surface area contributed by atoms with Gasteiger partial charge < -0.3 is 14.6 Å². The number of hydrogen-bond donors (Lipinski definition) is 0. The van der Waals surface area contributed by atoms with E-state index in [9.17, 15) is 24.8 Å². The minimum atomic E-state index is -1.79. The third-order valence-corrected chi connectivity index (χ3v) is 2.01. The van der Waals surface area contributed by atoms with Crippen LogP contribution < -0.4 is 56.5 Å². The number of hydrogen-bond acceptors (Lipinski definition) is 6. The molecule has 1 aromatic carbocycles. The summed E-state index contributed by atoms with van der Waals surface area (Å²) in [6.07, 6.45) is -0.466. The number of nitro groups is 1. The number of benzene rings is 1. The standard InChI is InChI=1S/C11H11NO6.K/c1-6(2)18-11(15)7-4-3-5-8(12(16)17)9(7)10(13)14;/h3-6H,1-2H3,(H,13,14);/q;+1/p-1. The molecule has 0 aromatic heterocycles. The number of nitro benzene ring substituents is 1. The maximum Gasteiger partial charge on any atom is 1.00 e. The molecular weight excluding hydrogens is 281 g/mol. The first-order valence-corrected chi connectivity index (χ1v) is 5.04. The van der Waals surface area contributed by atoms with Crippen LogP contribution in [0.3, 0.4) is 0 Å². The molecule has 0 atom stereocenters. The van der Waals surface area contributed by atoms with Gasteiger partial charge in [0.05, 0.1) is 28.1 Å². The van der Waals surface area contributed by atoms with Gasteiger partial charge in [-0.1, -0.05) is 6.07 Å². The summed E-state index contributed by atoms with van der Waals surface area (Å²) in [6.45, 7) is 3.15. The van der Waals surface area contributed by atoms with Crippen LogP contribution in [0.1, 0.15) is 34.6 Å². The van der Waals surface area contributed by atoms with Crippen molar-refractivity contribution in [2.45, 2.75) is 20.0 Å². The minimum Gasteiger partial charge on any atom is -0.545 e. The Kier molecular flexibility index (Phi) is 7.38. The summed E-state index contributed by atoms with van der Waals surface area (Å²) >= 11 is 0. The van der Waals surface area contributed by atoms with E-state index in [1.807, 2.05) is 0 Å². The molecule has 0 unspecified atom stereocenters. The third kappa shape index (κ3) is 4.66. The second-order valence-electron chi connectivity index (χ2n) is 3.70. The Labute approximate surface area is 151 Å². The number of nitrogens with zero attached hydrogens (tertiary/aromatic N) is 1. The van der Waals surface area contributed by atoms with Gasteiger partial charge in [-0.05, 0) is 19.9 Å². The van der Waals surface area contributed by atoms with Gasteiger partial charge in [0, 0.05) is 6.07 Å². The molecule has 0 saturated heterocycles. The van der Waals surface area contributed by atoms with Crippen LogP contribution in [0.4, 0.5) is 5.69 Å². The molecule has 0 amide bonds. The molecule has 1 rings (SSSR count). The van der Waals surface area contributed by atoms with E-state index < -0.39 is 39.8 Å². The number of carbonyl (C=O) groups excluding carboxylic acids is 2. The van der Waals surface area contributed by atoms with Gasteiger partial charge in [-0.15, -0.1) is 0 Å². The smallest absolute Gasteiger partial charge is 0.545 e. The van der Waals surface area contributed by atoms with Crippen LogP contribution >= 0.6 is 0 Å². The average Bonchev–Trinajstić information content (AvgIpc) is 2.26. The zero-order chi connectivity index (χ0) is 13.9. The van der Waals surface area contributed by atoms with Crippen molar-refractivity contribution in [3.05, 3.63) is 39.4 Å². The summed E-state index contributed by atoms with van der Waals surface area (Å²) in [7, 11) is 0. The van der Waals surface area contributed by atoms with Crippen molar-refractivity contribution in [3.63, 3.8) is 0 Å². The van der Waals surface area contributed by atoms with Gasteiger partial charge >= 0.3 is 57.4 Å². The number of esters is 1. The van der Waals surface area contributed by atoms with E-state index in [-0.39, 0.29) is 51.4 Å². The fourth-order valence-corrected chi connectivity index (χ4v) is 1.35. The van der Waals surface area contributed by atoms with E-state index in [1.54, 1.807) is 13.8 Å². The molecule has 1 aromatic rings. The first-order valence-electron chi connectivity index (χ1n) is 5.04. The van der Waals surface area contributed by atoms with E-state index in [0.29, 0.717) is 0 Å². The Hall–Kier alpha value is -0.804. The van der Waals surface area contributed by atoms with Gasteiger partial charge in [-0.2, -0.15) is 0 Å². The van der Waals surface area contributed by atoms with E-state index in [4.69, 9.17) is 4.74 Å². The number of carbonyl (C=O) groups is 2. The molecule has 7 nitrogen and oxygen atoms in total. The number of rotatable bonds is 4. The van der Waals surface area contributed by atoms with Crippen molar-refractivity contribution in [2.24, 2.45) is 0 Å². The average molecular weight is 291 g/mol. The predicted octanol–water partition coefficient (Wildman–Crippen LogP) is -2.47. The number of carboxylic acid groups (broad SMARTS) is 1. The Morgan fingerprint density at radius 3 is 2.32 bits per heavy atom. The molecule has 0 bridgehead atoms. The molecule has 8 heteroatoms. The second-order valence-corrected chi connectivity index (χ2v) is 3.70. The van der Waals surface area contributed by atoms with Gasteiger partial charge in [0.1, 0.15) is 0 Å². The third-order valence-electron chi connectivity index (χ3n) is 2.01. The van der Waals surface area contributed by atoms with Crippen molar-refractivity contribution in [1.82, 2.24) is 0 Å². The van der Waals surface area contributed by atoms with Crippen LogP contribution in [-0.4, -0.2) is 23.0 Å². The fraction of sp³-hybridized carbons (Fsp3) is 0.273. The molecule has 0 aliphatic carbocycles. The van der Waals surface area contributed by atoms with E-state index in [1.165, 1.54) is 6.07 Å². The molecule has 0 spiro atoms. The first kappa shape index (κ1) is 18.2. The summed E-state index contributed by atoms with van der Waals surface area (Å²) in [4.78, 5) is 32.3. The maximum atomic E-state index is 11.6. The van der Waals surface area contributed by atoms with Crippen molar-refractivity contribution in [2.75, 3.05) is 0 Å². The maximum absolute atomic E-state index is 11.6. The molecule has 0 saturated carbocycles. The minimum absolute atomic E-state index is 0. The van der Waals surface area contributed by atoms with Gasteiger partial charge in [0.25, 0.3) is 5.69 Å². The molecule has 96 valence electrons. The molecule has 0 aliphatic rings. The molecule has 0 radical (unpaired) electrons. The Morgan fingerprint density at radius 1 is 1.32 bits per heavy atom. The van der Waals surface area contributed by atoms with Crippen LogP contribution in [0.15, 0.2) is 18.2 Å². The van der Waals surface area contributed by atoms with Crippen LogP contribution in [-0.2, 0) is 4.74 Å². The molecule has 0 fully saturated rings. The van der Waals surface area contributed by atoms with Gasteiger partial charge in [-0.3, -0.25) is 10.1 Å². The summed E-state index contributed by atoms with van der Waals surface area (Å²) in [6, 6.07) is 3.33. The number of carboxylic acids is 1. The first-order chi connectivity index (χ1) is 8.34. The number of ether oxygens (including phenoxy) is 1. The summed E-state index contributed by atoms with van der Waals surface area (Å²) in [5.41, 5.74) is -1.86. The summed E-state index contributed by atoms with van der Waals surface area (Å²) < 4.78 is 4.81. The Balaban J connectivity index is 0.00000324. The van der Waals surface area contributed by atoms with Crippen LogP contribution in [0.25, 0.3) is 0 Å². The summed E-state index contributed by atoms with van der Waals surface area (Å²) in [5, 5.41) is 21.6. The molecule has 0 N–H and O–H groups in total. The molecule has 0 heterocycles. The van der Waals surface area contributed by atoms with Crippen molar-refractivity contribution < 1.29 is 75.7 Å². The van der Waals surface area contributed by atoms with Gasteiger partial charge in [0.2, 0.25) is 0 Å². The van der Waals surface area contributed by atoms with Crippen molar-refractivity contribution >= 4 is 17.6 Å². The van der Waals surface area contributed by atoms with E-state index in [0.717, 1.165) is 12.1 Å². The normalized spacial score (nSPS) is 9.63. The van der Waals surface area contributed by atoms with Gasteiger partial charge in [-0.25, -0.2) is 4.79 Å². The number of aromatic carboxylic acids is 1. The van der Waals surface area contributed by atoms with Crippen LogP contribution in [0, 0.1) is 10.1 Å². The monoisotopic (exact) mass is 291 g/mol. The van der Waals surface area contributed by atoms with Crippen molar-refractivity contribution in [1.29, 1.82) is 0 Å². The predicted molar refractivity (Wildman–Crippen MR) is 58.0 cm³/mol. The topological polar surface area (TPSA) is 110 Å². The second kappa shape index (κ2) is 7.70. The zero-order valence-corrected chi connectivity index (χ0v) is 13.8. The van der Waals surface area contributed by atoms with Gasteiger partial charge in [0.15, 0.2) is 0 Å². The van der Waals surface area contributed by atoms with Crippen molar-refractivity contribution in [3.8, 4) is 0 Å². The molecule has 0 aliphatic heterocycles. The van der Waals surface area contributed by atoms with Crippen LogP contribution in [0.5, 0.6) is 0 Å². The fourth-order valence-electron chi connectivity index (χ4n) is 1.35. The van der Waals surface area contributed by atoms with E-state index >= 15 is 0 Å². The van der Waals surface area contributed by atoms with E-state index in [2.05, 4.69) is 0 Å². The molecule has 19 heavy (non-hydrogen) atoms. The Morgan fingerprint density at radius 2 is 1.89 bits per heavy atom. The van der Waals surface area contributed by atoms with Crippen LogP contribution in [0.2, 0.25) is 0 Å². The summed E-state index contributed by atoms with van der Waals surface area (Å²) in [5.74, 6) is -2.73. The SMILES string of the molecule is CC(C)OC(=O)c1cccc([N+](=O)[O-])c1C(=O)[O-].[K+]. The largest absolute Gasteiger partial charge is 1.00 e.